The molecule has 0 spiro atoms. The standard InChI is InChI=1S/C15H20N4O4/c1-8-12(6-5-7-13(8)19(22)23)17-15(21)18-10(3)9(2)16-14(20)11(18)4/h5-7,9-11H,1-4H3,(H,16,20)(H,17,21). The molecule has 2 N–H and O–H groups in total. The molecule has 1 aromatic carbocycles. The quantitative estimate of drug-likeness (QED) is 0.642. The van der Waals surface area contributed by atoms with Crippen molar-refractivity contribution in [2.24, 2.45) is 0 Å². The van der Waals surface area contributed by atoms with Gasteiger partial charge in [0.25, 0.3) is 5.69 Å². The van der Waals surface area contributed by atoms with Crippen molar-refractivity contribution in [1.29, 1.82) is 0 Å². The maximum Gasteiger partial charge on any atom is 0.322 e. The first-order chi connectivity index (χ1) is 10.7. The fraction of sp³-hybridized carbons (Fsp3) is 0.467. The number of hydrogen-bond donors (Lipinski definition) is 2. The minimum atomic E-state index is -0.611. The number of urea groups is 1. The number of amides is 3. The Bertz CT molecular complexity index is 661. The van der Waals surface area contributed by atoms with Crippen LogP contribution in [0.5, 0.6) is 0 Å². The zero-order chi connectivity index (χ0) is 17.3. The number of nitro groups is 1. The lowest BCUT2D eigenvalue weighted by atomic mass is 10.0. The van der Waals surface area contributed by atoms with Gasteiger partial charge in [-0.25, -0.2) is 4.79 Å². The van der Waals surface area contributed by atoms with Gasteiger partial charge in [0.1, 0.15) is 6.04 Å². The molecule has 1 fully saturated rings. The van der Waals surface area contributed by atoms with Crippen molar-refractivity contribution >= 4 is 23.3 Å². The number of nitrogens with zero attached hydrogens (tertiary/aromatic N) is 2. The zero-order valence-electron chi connectivity index (χ0n) is 13.5. The summed E-state index contributed by atoms with van der Waals surface area (Å²) in [5, 5.41) is 16.5. The van der Waals surface area contributed by atoms with Crippen molar-refractivity contribution in [3.05, 3.63) is 33.9 Å². The van der Waals surface area contributed by atoms with Gasteiger partial charge >= 0.3 is 6.03 Å². The van der Waals surface area contributed by atoms with Gasteiger partial charge in [0, 0.05) is 12.1 Å². The molecule has 0 saturated carbocycles. The van der Waals surface area contributed by atoms with Gasteiger partial charge in [0.2, 0.25) is 5.91 Å². The molecule has 1 aliphatic heterocycles. The van der Waals surface area contributed by atoms with Crippen LogP contribution in [0.25, 0.3) is 0 Å². The van der Waals surface area contributed by atoms with Gasteiger partial charge in [0.05, 0.1) is 22.2 Å². The van der Waals surface area contributed by atoms with Crippen LogP contribution in [-0.2, 0) is 4.79 Å². The van der Waals surface area contributed by atoms with Crippen molar-refractivity contribution in [2.45, 2.75) is 45.8 Å². The van der Waals surface area contributed by atoms with Crippen molar-refractivity contribution in [3.8, 4) is 0 Å². The Hall–Kier alpha value is -2.64. The molecule has 0 bridgehead atoms. The molecule has 0 aliphatic carbocycles. The molecule has 3 atom stereocenters. The molecule has 1 heterocycles. The molecule has 3 unspecified atom stereocenters. The zero-order valence-corrected chi connectivity index (χ0v) is 13.5. The summed E-state index contributed by atoms with van der Waals surface area (Å²) in [4.78, 5) is 36.4. The van der Waals surface area contributed by atoms with E-state index < -0.39 is 17.0 Å². The highest BCUT2D eigenvalue weighted by Crippen LogP contribution is 2.26. The molecule has 0 radical (unpaired) electrons. The number of benzene rings is 1. The van der Waals surface area contributed by atoms with Crippen molar-refractivity contribution in [2.75, 3.05) is 5.32 Å². The van der Waals surface area contributed by atoms with E-state index in [0.717, 1.165) is 0 Å². The van der Waals surface area contributed by atoms with Crippen LogP contribution in [0.4, 0.5) is 16.2 Å². The number of rotatable bonds is 2. The van der Waals surface area contributed by atoms with Crippen LogP contribution in [0.3, 0.4) is 0 Å². The van der Waals surface area contributed by atoms with E-state index in [0.29, 0.717) is 11.3 Å². The summed E-state index contributed by atoms with van der Waals surface area (Å²) >= 11 is 0. The lowest BCUT2D eigenvalue weighted by molar-refractivity contribution is -0.385. The van der Waals surface area contributed by atoms with E-state index in [2.05, 4.69) is 10.6 Å². The highest BCUT2D eigenvalue weighted by molar-refractivity contribution is 5.95. The first-order valence-corrected chi connectivity index (χ1v) is 7.37. The molecule has 8 heteroatoms. The van der Waals surface area contributed by atoms with E-state index in [1.807, 2.05) is 13.8 Å². The SMILES string of the molecule is Cc1c(NC(=O)N2C(C)C(=O)NC(C)C2C)cccc1[N+](=O)[O-]. The van der Waals surface area contributed by atoms with Crippen LogP contribution < -0.4 is 10.6 Å². The predicted molar refractivity (Wildman–Crippen MR) is 85.2 cm³/mol. The number of carbonyl (C=O) groups excluding carboxylic acids is 2. The lowest BCUT2D eigenvalue weighted by Gasteiger charge is -2.42. The van der Waals surface area contributed by atoms with Crippen molar-refractivity contribution in [3.63, 3.8) is 0 Å². The van der Waals surface area contributed by atoms with Crippen LogP contribution >= 0.6 is 0 Å². The summed E-state index contributed by atoms with van der Waals surface area (Å²) in [6.07, 6.45) is 0. The third-order valence-corrected chi connectivity index (χ3v) is 4.31. The maximum atomic E-state index is 12.6. The lowest BCUT2D eigenvalue weighted by Crippen LogP contribution is -2.64. The Morgan fingerprint density at radius 1 is 1.35 bits per heavy atom. The third kappa shape index (κ3) is 3.10. The van der Waals surface area contributed by atoms with E-state index >= 15 is 0 Å². The minimum absolute atomic E-state index is 0.0614. The molecular formula is C15H20N4O4. The van der Waals surface area contributed by atoms with Crippen LogP contribution in [0.2, 0.25) is 0 Å². The van der Waals surface area contributed by atoms with E-state index in [1.54, 1.807) is 19.9 Å². The molecule has 0 aromatic heterocycles. The predicted octanol–water partition coefficient (Wildman–Crippen LogP) is 2.03. The molecule has 1 aromatic rings. The number of carbonyl (C=O) groups is 2. The second-order valence-electron chi connectivity index (χ2n) is 5.76. The summed E-state index contributed by atoms with van der Waals surface area (Å²) in [5.74, 6) is -0.221. The second kappa shape index (κ2) is 6.23. The molecule has 124 valence electrons. The molecule has 2 rings (SSSR count). The van der Waals surface area contributed by atoms with Gasteiger partial charge in [-0.3, -0.25) is 14.9 Å². The smallest absolute Gasteiger partial charge is 0.322 e. The molecule has 3 amide bonds. The average Bonchev–Trinajstić information content (AvgIpc) is 2.47. The Balaban J connectivity index is 2.26. The molecule has 1 saturated heterocycles. The Kier molecular flexibility index (Phi) is 4.53. The topological polar surface area (TPSA) is 105 Å². The summed E-state index contributed by atoms with van der Waals surface area (Å²) in [7, 11) is 0. The second-order valence-corrected chi connectivity index (χ2v) is 5.76. The fourth-order valence-electron chi connectivity index (χ4n) is 2.68. The Morgan fingerprint density at radius 2 is 2.00 bits per heavy atom. The van der Waals surface area contributed by atoms with Gasteiger partial charge in [-0.2, -0.15) is 0 Å². The summed E-state index contributed by atoms with van der Waals surface area (Å²) < 4.78 is 0. The summed E-state index contributed by atoms with van der Waals surface area (Å²) in [6.45, 7) is 6.90. The van der Waals surface area contributed by atoms with Gasteiger partial charge in [-0.15, -0.1) is 0 Å². The molecule has 23 heavy (non-hydrogen) atoms. The maximum absolute atomic E-state index is 12.6. The van der Waals surface area contributed by atoms with E-state index in [1.165, 1.54) is 17.0 Å². The number of hydrogen-bond acceptors (Lipinski definition) is 4. The first kappa shape index (κ1) is 16.7. The van der Waals surface area contributed by atoms with Crippen molar-refractivity contribution < 1.29 is 14.5 Å². The number of nitro benzene ring substituents is 1. The van der Waals surface area contributed by atoms with Gasteiger partial charge < -0.3 is 15.5 Å². The van der Waals surface area contributed by atoms with Gasteiger partial charge in [0.15, 0.2) is 0 Å². The average molecular weight is 320 g/mol. The van der Waals surface area contributed by atoms with Crippen LogP contribution in [0.15, 0.2) is 18.2 Å². The summed E-state index contributed by atoms with van der Waals surface area (Å²) in [5.41, 5.74) is 0.677. The highest BCUT2D eigenvalue weighted by atomic mass is 16.6. The van der Waals surface area contributed by atoms with Gasteiger partial charge in [-0.1, -0.05) is 6.07 Å². The first-order valence-electron chi connectivity index (χ1n) is 7.37. The van der Waals surface area contributed by atoms with E-state index in [4.69, 9.17) is 0 Å². The monoisotopic (exact) mass is 320 g/mol. The van der Waals surface area contributed by atoms with Gasteiger partial charge in [-0.05, 0) is 33.8 Å². The highest BCUT2D eigenvalue weighted by Gasteiger charge is 2.38. The largest absolute Gasteiger partial charge is 0.350 e. The summed E-state index contributed by atoms with van der Waals surface area (Å²) in [6, 6.07) is 3.07. The fourth-order valence-corrected chi connectivity index (χ4v) is 2.68. The number of nitrogens with one attached hydrogen (secondary N) is 2. The number of anilines is 1. The van der Waals surface area contributed by atoms with Crippen LogP contribution in [-0.4, -0.2) is 39.9 Å². The van der Waals surface area contributed by atoms with Crippen LogP contribution in [0, 0.1) is 17.0 Å². The third-order valence-electron chi connectivity index (χ3n) is 4.31. The number of piperazine rings is 1. The normalized spacial score (nSPS) is 24.1. The Morgan fingerprint density at radius 3 is 2.61 bits per heavy atom. The van der Waals surface area contributed by atoms with E-state index in [-0.39, 0.29) is 23.7 Å². The molecule has 1 aliphatic rings. The van der Waals surface area contributed by atoms with E-state index in [9.17, 15) is 19.7 Å². The minimum Gasteiger partial charge on any atom is -0.350 e. The molecular weight excluding hydrogens is 300 g/mol. The van der Waals surface area contributed by atoms with Crippen LogP contribution in [0.1, 0.15) is 26.3 Å². The van der Waals surface area contributed by atoms with Crippen molar-refractivity contribution in [1.82, 2.24) is 10.2 Å². The molecule has 8 nitrogen and oxygen atoms in total. The Labute approximate surface area is 134 Å².